The highest BCUT2D eigenvalue weighted by atomic mass is 16.4. The average molecular weight is 265 g/mol. The van der Waals surface area contributed by atoms with Gasteiger partial charge < -0.3 is 5.11 Å². The first-order valence-corrected chi connectivity index (χ1v) is 7.05. The molecule has 5 heteroatoms. The van der Waals surface area contributed by atoms with Gasteiger partial charge in [0.05, 0.1) is 11.4 Å². The normalized spacial score (nSPS) is 23.9. The predicted octanol–water partition coefficient (Wildman–Crippen LogP) is 1.90. The van der Waals surface area contributed by atoms with Crippen molar-refractivity contribution in [1.29, 1.82) is 0 Å². The van der Waals surface area contributed by atoms with E-state index in [0.29, 0.717) is 6.54 Å². The van der Waals surface area contributed by atoms with E-state index in [4.69, 9.17) is 0 Å². The van der Waals surface area contributed by atoms with Crippen LogP contribution in [0.25, 0.3) is 0 Å². The van der Waals surface area contributed by atoms with Crippen molar-refractivity contribution in [3.8, 4) is 0 Å². The monoisotopic (exact) mass is 265 g/mol. The lowest BCUT2D eigenvalue weighted by atomic mass is 9.99. The summed E-state index contributed by atoms with van der Waals surface area (Å²) in [4.78, 5) is 13.5. The van der Waals surface area contributed by atoms with Crippen LogP contribution in [0.4, 0.5) is 0 Å². The van der Waals surface area contributed by atoms with Gasteiger partial charge in [-0.1, -0.05) is 6.92 Å². The van der Waals surface area contributed by atoms with E-state index < -0.39 is 11.5 Å². The van der Waals surface area contributed by atoms with Crippen molar-refractivity contribution in [2.75, 3.05) is 6.54 Å². The molecule has 1 N–H and O–H groups in total. The van der Waals surface area contributed by atoms with Crippen LogP contribution in [0.1, 0.15) is 45.0 Å². The van der Waals surface area contributed by atoms with Crippen LogP contribution in [0.5, 0.6) is 0 Å². The topological polar surface area (TPSA) is 58.4 Å². The summed E-state index contributed by atoms with van der Waals surface area (Å²) in [5, 5.41) is 14.0. The first-order chi connectivity index (χ1) is 9.01. The van der Waals surface area contributed by atoms with Gasteiger partial charge in [-0.25, -0.2) is 0 Å². The summed E-state index contributed by atoms with van der Waals surface area (Å²) in [7, 11) is 0. The van der Waals surface area contributed by atoms with Crippen LogP contribution in [-0.4, -0.2) is 37.8 Å². The zero-order valence-corrected chi connectivity index (χ0v) is 12.0. The Morgan fingerprint density at radius 1 is 1.53 bits per heavy atom. The van der Waals surface area contributed by atoms with Crippen molar-refractivity contribution in [2.24, 2.45) is 0 Å². The third-order valence-electron chi connectivity index (χ3n) is 4.18. The minimum Gasteiger partial charge on any atom is -0.480 e. The standard InChI is InChI=1S/C14H23N3O2/c1-4-11-9-12(17(5-2)15-11)10-16-8-6-7-14(16,3)13(18)19/h9H,4-8,10H2,1-3H3,(H,18,19). The molecule has 1 unspecified atom stereocenters. The van der Waals surface area contributed by atoms with E-state index in [1.807, 2.05) is 11.6 Å². The number of hydrogen-bond donors (Lipinski definition) is 1. The van der Waals surface area contributed by atoms with Crippen molar-refractivity contribution >= 4 is 5.97 Å². The molecule has 0 spiro atoms. The molecule has 0 bridgehead atoms. The average Bonchev–Trinajstić information content (AvgIpc) is 2.95. The van der Waals surface area contributed by atoms with Gasteiger partial charge in [0.1, 0.15) is 5.54 Å². The molecule has 1 fully saturated rings. The van der Waals surface area contributed by atoms with Crippen LogP contribution in [-0.2, 0) is 24.3 Å². The fourth-order valence-corrected chi connectivity index (χ4v) is 2.80. The summed E-state index contributed by atoms with van der Waals surface area (Å²) in [5.41, 5.74) is 1.47. The molecule has 0 amide bonds. The summed E-state index contributed by atoms with van der Waals surface area (Å²) < 4.78 is 1.99. The molecule has 2 heterocycles. The van der Waals surface area contributed by atoms with Gasteiger partial charge in [-0.2, -0.15) is 5.10 Å². The number of aliphatic carboxylic acids is 1. The second kappa shape index (κ2) is 5.33. The van der Waals surface area contributed by atoms with E-state index in [1.54, 1.807) is 0 Å². The van der Waals surface area contributed by atoms with E-state index in [9.17, 15) is 9.90 Å². The fraction of sp³-hybridized carbons (Fsp3) is 0.714. The highest BCUT2D eigenvalue weighted by Gasteiger charge is 2.43. The second-order valence-corrected chi connectivity index (χ2v) is 5.40. The van der Waals surface area contributed by atoms with Crippen molar-refractivity contribution in [2.45, 2.75) is 58.7 Å². The largest absolute Gasteiger partial charge is 0.480 e. The Morgan fingerprint density at radius 3 is 2.84 bits per heavy atom. The van der Waals surface area contributed by atoms with Crippen LogP contribution in [0, 0.1) is 0 Å². The van der Waals surface area contributed by atoms with Gasteiger partial charge in [0, 0.05) is 13.1 Å². The summed E-state index contributed by atoms with van der Waals surface area (Å²) in [6.07, 6.45) is 2.59. The highest BCUT2D eigenvalue weighted by molar-refractivity contribution is 5.78. The molecule has 0 saturated carbocycles. The van der Waals surface area contributed by atoms with E-state index >= 15 is 0 Å². The SMILES string of the molecule is CCc1cc(CN2CCCC2(C)C(=O)O)n(CC)n1. The number of hydrogen-bond acceptors (Lipinski definition) is 3. The van der Waals surface area contributed by atoms with Crippen LogP contribution < -0.4 is 0 Å². The molecule has 0 radical (unpaired) electrons. The number of carboxylic acid groups (broad SMARTS) is 1. The second-order valence-electron chi connectivity index (χ2n) is 5.40. The molecule has 1 aliphatic heterocycles. The predicted molar refractivity (Wildman–Crippen MR) is 73.0 cm³/mol. The maximum Gasteiger partial charge on any atom is 0.323 e. The van der Waals surface area contributed by atoms with Crippen molar-refractivity contribution in [3.63, 3.8) is 0 Å². The van der Waals surface area contributed by atoms with Gasteiger partial charge in [0.2, 0.25) is 0 Å². The van der Waals surface area contributed by atoms with Gasteiger partial charge >= 0.3 is 5.97 Å². The molecule has 1 aliphatic rings. The molecule has 1 saturated heterocycles. The van der Waals surface area contributed by atoms with Gasteiger partial charge in [-0.3, -0.25) is 14.4 Å². The molecular formula is C14H23N3O2. The molecule has 1 aromatic heterocycles. The number of carboxylic acids is 1. The summed E-state index contributed by atoms with van der Waals surface area (Å²) in [6.45, 7) is 8.32. The zero-order chi connectivity index (χ0) is 14.0. The minimum atomic E-state index is -0.727. The highest BCUT2D eigenvalue weighted by Crippen LogP contribution is 2.30. The van der Waals surface area contributed by atoms with E-state index in [1.165, 1.54) is 0 Å². The van der Waals surface area contributed by atoms with Crippen LogP contribution in [0.2, 0.25) is 0 Å². The van der Waals surface area contributed by atoms with Crippen molar-refractivity contribution in [1.82, 2.24) is 14.7 Å². The fourth-order valence-electron chi connectivity index (χ4n) is 2.80. The smallest absolute Gasteiger partial charge is 0.323 e. The first-order valence-electron chi connectivity index (χ1n) is 7.05. The maximum absolute atomic E-state index is 11.5. The molecule has 106 valence electrons. The Morgan fingerprint density at radius 2 is 2.26 bits per heavy atom. The number of carbonyl (C=O) groups is 1. The number of nitrogens with zero attached hydrogens (tertiary/aromatic N) is 3. The van der Waals surface area contributed by atoms with E-state index in [0.717, 1.165) is 43.7 Å². The van der Waals surface area contributed by atoms with Crippen molar-refractivity contribution < 1.29 is 9.90 Å². The number of aryl methyl sites for hydroxylation is 2. The molecular weight excluding hydrogens is 242 g/mol. The molecule has 1 aromatic rings. The molecule has 2 rings (SSSR count). The molecule has 1 atom stereocenters. The Hall–Kier alpha value is -1.36. The summed E-state index contributed by atoms with van der Waals surface area (Å²) >= 11 is 0. The minimum absolute atomic E-state index is 0.670. The molecule has 0 aromatic carbocycles. The maximum atomic E-state index is 11.5. The van der Waals surface area contributed by atoms with Crippen LogP contribution in [0.3, 0.4) is 0 Å². The lowest BCUT2D eigenvalue weighted by molar-refractivity contribution is -0.149. The third kappa shape index (κ3) is 2.52. The van der Waals surface area contributed by atoms with E-state index in [2.05, 4.69) is 29.9 Å². The Kier molecular flexibility index (Phi) is 3.94. The lowest BCUT2D eigenvalue weighted by Crippen LogP contribution is -2.47. The first kappa shape index (κ1) is 14.1. The van der Waals surface area contributed by atoms with Crippen molar-refractivity contribution in [3.05, 3.63) is 17.5 Å². The summed E-state index contributed by atoms with van der Waals surface area (Å²) in [5.74, 6) is -0.719. The van der Waals surface area contributed by atoms with E-state index in [-0.39, 0.29) is 0 Å². The van der Waals surface area contributed by atoms with Gasteiger partial charge in [-0.15, -0.1) is 0 Å². The summed E-state index contributed by atoms with van der Waals surface area (Å²) in [6, 6.07) is 2.10. The molecule has 5 nitrogen and oxygen atoms in total. The van der Waals surface area contributed by atoms with Gasteiger partial charge in [0.15, 0.2) is 0 Å². The molecule has 0 aliphatic carbocycles. The van der Waals surface area contributed by atoms with Crippen LogP contribution in [0.15, 0.2) is 6.07 Å². The lowest BCUT2D eigenvalue weighted by Gasteiger charge is -2.31. The number of likely N-dealkylation sites (tertiary alicyclic amines) is 1. The number of rotatable bonds is 5. The Bertz CT molecular complexity index is 469. The number of aromatic nitrogens is 2. The zero-order valence-electron chi connectivity index (χ0n) is 12.0. The quantitative estimate of drug-likeness (QED) is 0.883. The Labute approximate surface area is 114 Å². The third-order valence-corrected chi connectivity index (χ3v) is 4.18. The Balaban J connectivity index is 2.21. The van der Waals surface area contributed by atoms with Gasteiger partial charge in [-0.05, 0) is 45.7 Å². The van der Waals surface area contributed by atoms with Crippen LogP contribution >= 0.6 is 0 Å². The van der Waals surface area contributed by atoms with Gasteiger partial charge in [0.25, 0.3) is 0 Å². The molecule has 19 heavy (non-hydrogen) atoms.